The number of fused-ring (bicyclic) bond motifs is 2. The van der Waals surface area contributed by atoms with E-state index in [9.17, 15) is 18.0 Å². The van der Waals surface area contributed by atoms with Gasteiger partial charge in [0.1, 0.15) is 22.9 Å². The Morgan fingerprint density at radius 2 is 1.69 bits per heavy atom. The van der Waals surface area contributed by atoms with E-state index in [2.05, 4.69) is 36.4 Å². The zero-order valence-electron chi connectivity index (χ0n) is 22.0. The molecular formula is C29H29F3N6O. The minimum absolute atomic E-state index is 0.163. The van der Waals surface area contributed by atoms with Crippen LogP contribution in [0.25, 0.3) is 27.5 Å². The number of nitrogen functional groups attached to an aromatic ring is 1. The Morgan fingerprint density at radius 3 is 2.33 bits per heavy atom. The molecule has 5 rings (SSSR count). The van der Waals surface area contributed by atoms with E-state index in [0.717, 1.165) is 51.2 Å². The highest BCUT2D eigenvalue weighted by Gasteiger charge is 2.30. The number of anilines is 3. The summed E-state index contributed by atoms with van der Waals surface area (Å²) < 4.78 is 38.2. The highest BCUT2D eigenvalue weighted by molar-refractivity contribution is 6.07. The van der Waals surface area contributed by atoms with Gasteiger partial charge in [0, 0.05) is 47.2 Å². The Morgan fingerprint density at radius 1 is 0.974 bits per heavy atom. The second-order valence-electron chi connectivity index (χ2n) is 9.86. The van der Waals surface area contributed by atoms with Crippen LogP contribution < -0.4 is 16.4 Å². The minimum atomic E-state index is -4.26. The second kappa shape index (κ2) is 10.6. The lowest BCUT2D eigenvalue weighted by Gasteiger charge is -2.16. The van der Waals surface area contributed by atoms with E-state index in [4.69, 9.17) is 10.7 Å². The fraction of sp³-hybridized carbons (Fsp3) is 0.207. The molecule has 5 aromatic rings. The molecule has 0 atom stereocenters. The van der Waals surface area contributed by atoms with Crippen LogP contribution in [0.2, 0.25) is 0 Å². The highest BCUT2D eigenvalue weighted by Crippen LogP contribution is 2.38. The smallest absolute Gasteiger partial charge is 0.388 e. The third-order valence-corrected chi connectivity index (χ3v) is 6.13. The number of nitrogens with one attached hydrogen (secondary N) is 2. The number of alkyl halides is 3. The standard InChI is InChI=1S/C21H21N5O.C8H8F3N/c1-21(2,3)20-25-17(18-19(22)23-10-11-26(18)20)15-8-9-16(24-12-27)14-7-5-4-6-13(14)15;1-12-7-4-2-3-6(5-7)8(9,10)11/h4-12H,1-3H3,(H2,22,23)(H,24,27);2-5,12H,1H3. The molecule has 0 fully saturated rings. The van der Waals surface area contributed by atoms with Crippen LogP contribution in [-0.4, -0.2) is 27.8 Å². The predicted octanol–water partition coefficient (Wildman–Crippen LogP) is 6.74. The van der Waals surface area contributed by atoms with Gasteiger partial charge in [-0.15, -0.1) is 0 Å². The molecule has 7 nitrogen and oxygen atoms in total. The van der Waals surface area contributed by atoms with Crippen LogP contribution in [0.5, 0.6) is 0 Å². The average molecular weight is 535 g/mol. The van der Waals surface area contributed by atoms with Gasteiger partial charge in [-0.2, -0.15) is 13.2 Å². The molecule has 0 aliphatic carbocycles. The van der Waals surface area contributed by atoms with Crippen molar-refractivity contribution in [2.45, 2.75) is 32.4 Å². The number of nitrogens with two attached hydrogens (primary N) is 1. The summed E-state index contributed by atoms with van der Waals surface area (Å²) in [5.41, 5.74) is 9.21. The van der Waals surface area contributed by atoms with Crippen LogP contribution in [0, 0.1) is 0 Å². The van der Waals surface area contributed by atoms with Gasteiger partial charge >= 0.3 is 6.18 Å². The topological polar surface area (TPSA) is 97.3 Å². The average Bonchev–Trinajstić information content (AvgIpc) is 3.30. The van der Waals surface area contributed by atoms with Gasteiger partial charge in [0.15, 0.2) is 0 Å². The molecule has 2 aromatic heterocycles. The Kier molecular flexibility index (Phi) is 7.49. The largest absolute Gasteiger partial charge is 0.416 e. The van der Waals surface area contributed by atoms with Gasteiger partial charge in [0.05, 0.1) is 5.56 Å². The van der Waals surface area contributed by atoms with Crippen LogP contribution in [-0.2, 0) is 16.4 Å². The van der Waals surface area contributed by atoms with E-state index in [1.54, 1.807) is 19.3 Å². The lowest BCUT2D eigenvalue weighted by atomic mass is 9.96. The first-order valence-electron chi connectivity index (χ1n) is 12.2. The third kappa shape index (κ3) is 5.64. The fourth-order valence-electron chi connectivity index (χ4n) is 4.33. The molecule has 4 N–H and O–H groups in total. The summed E-state index contributed by atoms with van der Waals surface area (Å²) in [5, 5.41) is 7.34. The molecule has 0 aliphatic heterocycles. The van der Waals surface area contributed by atoms with E-state index < -0.39 is 11.7 Å². The minimum Gasteiger partial charge on any atom is -0.388 e. The molecule has 1 amide bonds. The van der Waals surface area contributed by atoms with Gasteiger partial charge in [-0.05, 0) is 29.7 Å². The molecule has 0 bridgehead atoms. The monoisotopic (exact) mass is 534 g/mol. The van der Waals surface area contributed by atoms with Gasteiger partial charge in [0.25, 0.3) is 0 Å². The van der Waals surface area contributed by atoms with Crippen molar-refractivity contribution in [2.75, 3.05) is 23.4 Å². The highest BCUT2D eigenvalue weighted by atomic mass is 19.4. The number of hydrogen-bond donors (Lipinski definition) is 3. The van der Waals surface area contributed by atoms with E-state index >= 15 is 0 Å². The normalized spacial score (nSPS) is 11.7. The van der Waals surface area contributed by atoms with Crippen molar-refractivity contribution >= 4 is 39.9 Å². The Hall–Kier alpha value is -4.60. The zero-order valence-corrected chi connectivity index (χ0v) is 22.0. The first-order chi connectivity index (χ1) is 18.5. The van der Waals surface area contributed by atoms with E-state index in [0.29, 0.717) is 17.9 Å². The molecule has 0 aliphatic rings. The van der Waals surface area contributed by atoms with Crippen LogP contribution in [0.4, 0.5) is 30.4 Å². The van der Waals surface area contributed by atoms with Crippen molar-refractivity contribution in [3.8, 4) is 11.3 Å². The lowest BCUT2D eigenvalue weighted by Crippen LogP contribution is -2.16. The molecule has 3 aromatic carbocycles. The number of nitrogens with zero attached hydrogens (tertiary/aromatic N) is 3. The van der Waals surface area contributed by atoms with Crippen molar-refractivity contribution in [2.24, 2.45) is 0 Å². The summed E-state index contributed by atoms with van der Waals surface area (Å²) in [6.07, 6.45) is 0.0193. The number of rotatable bonds is 4. The van der Waals surface area contributed by atoms with E-state index in [-0.39, 0.29) is 5.41 Å². The van der Waals surface area contributed by atoms with E-state index in [1.807, 2.05) is 47.0 Å². The summed E-state index contributed by atoms with van der Waals surface area (Å²) in [7, 11) is 1.58. The third-order valence-electron chi connectivity index (χ3n) is 6.13. The van der Waals surface area contributed by atoms with Gasteiger partial charge in [-0.25, -0.2) is 9.97 Å². The van der Waals surface area contributed by atoms with E-state index in [1.165, 1.54) is 6.07 Å². The quantitative estimate of drug-likeness (QED) is 0.222. The summed E-state index contributed by atoms with van der Waals surface area (Å²) in [6.45, 7) is 6.37. The first-order valence-corrected chi connectivity index (χ1v) is 12.2. The Labute approximate surface area is 223 Å². The van der Waals surface area contributed by atoms with Crippen molar-refractivity contribution < 1.29 is 18.0 Å². The van der Waals surface area contributed by atoms with Crippen LogP contribution in [0.3, 0.4) is 0 Å². The molecule has 0 unspecified atom stereocenters. The molecular weight excluding hydrogens is 505 g/mol. The van der Waals surface area contributed by atoms with Gasteiger partial charge in [-0.1, -0.05) is 57.2 Å². The maximum Gasteiger partial charge on any atom is 0.416 e. The molecule has 0 radical (unpaired) electrons. The van der Waals surface area contributed by atoms with Crippen molar-refractivity contribution in [1.29, 1.82) is 0 Å². The molecule has 2 heterocycles. The van der Waals surface area contributed by atoms with Gasteiger partial charge < -0.3 is 16.4 Å². The molecule has 39 heavy (non-hydrogen) atoms. The number of halogens is 3. The Bertz CT molecular complexity index is 1640. The summed E-state index contributed by atoms with van der Waals surface area (Å²) in [4.78, 5) is 20.2. The van der Waals surface area contributed by atoms with Crippen LogP contribution in [0.1, 0.15) is 32.2 Å². The fourth-order valence-corrected chi connectivity index (χ4v) is 4.33. The number of amides is 1. The molecule has 202 valence electrons. The van der Waals surface area contributed by atoms with Crippen LogP contribution in [0.15, 0.2) is 73.1 Å². The molecule has 0 saturated carbocycles. The SMILES string of the molecule is CC(C)(C)c1nc(-c2ccc(NC=O)c3ccccc23)c2c(N)nccn12.CNc1cccc(C(F)(F)F)c1. The summed E-state index contributed by atoms with van der Waals surface area (Å²) in [5.74, 6) is 1.36. The molecule has 10 heteroatoms. The number of carbonyl (C=O) groups excluding carboxylic acids is 1. The van der Waals surface area contributed by atoms with Gasteiger partial charge in [0.2, 0.25) is 6.41 Å². The maximum absolute atomic E-state index is 12.1. The number of hydrogen-bond acceptors (Lipinski definition) is 5. The lowest BCUT2D eigenvalue weighted by molar-refractivity contribution is -0.137. The first kappa shape index (κ1) is 27.4. The Balaban J connectivity index is 0.000000247. The predicted molar refractivity (Wildman–Crippen MR) is 150 cm³/mol. The second-order valence-corrected chi connectivity index (χ2v) is 9.86. The number of benzene rings is 3. The summed E-state index contributed by atoms with van der Waals surface area (Å²) >= 11 is 0. The van der Waals surface area contributed by atoms with Crippen molar-refractivity contribution in [3.63, 3.8) is 0 Å². The maximum atomic E-state index is 12.1. The summed E-state index contributed by atoms with van der Waals surface area (Å²) in [6, 6.07) is 16.8. The number of carbonyl (C=O) groups is 1. The molecule has 0 saturated heterocycles. The van der Waals surface area contributed by atoms with Crippen molar-refractivity contribution in [1.82, 2.24) is 14.4 Å². The van der Waals surface area contributed by atoms with Crippen LogP contribution >= 0.6 is 0 Å². The van der Waals surface area contributed by atoms with Gasteiger partial charge in [-0.3, -0.25) is 9.20 Å². The zero-order chi connectivity index (χ0) is 28.4. The number of imidazole rings is 1. The molecule has 0 spiro atoms. The van der Waals surface area contributed by atoms with Crippen molar-refractivity contribution in [3.05, 3.63) is 84.4 Å². The number of aromatic nitrogens is 3.